The molecule has 1 saturated carbocycles. The monoisotopic (exact) mass is 836 g/mol. The van der Waals surface area contributed by atoms with Crippen LogP contribution in [0.3, 0.4) is 0 Å². The summed E-state index contributed by atoms with van der Waals surface area (Å²) in [5.74, 6) is -4.72. The van der Waals surface area contributed by atoms with Crippen LogP contribution in [-0.2, 0) is 40.0 Å². The van der Waals surface area contributed by atoms with Gasteiger partial charge in [0.1, 0.15) is 36.3 Å². The number of benzene rings is 1. The van der Waals surface area contributed by atoms with Crippen LogP contribution in [0, 0.1) is 23.7 Å². The Morgan fingerprint density at radius 1 is 0.683 bits per heavy atom. The van der Waals surface area contributed by atoms with Gasteiger partial charge in [0.2, 0.25) is 41.4 Å². The first kappa shape index (κ1) is 47.7. The third-order valence-corrected chi connectivity index (χ3v) is 11.3. The smallest absolute Gasteiger partial charge is 0.243 e. The molecule has 332 valence electrons. The Hall–Kier alpha value is -4.99. The van der Waals surface area contributed by atoms with Gasteiger partial charge in [0, 0.05) is 30.1 Å². The number of aromatic nitrogens is 1. The van der Waals surface area contributed by atoms with Crippen LogP contribution in [-0.4, -0.2) is 95.7 Å². The van der Waals surface area contributed by atoms with Crippen molar-refractivity contribution in [1.29, 1.82) is 0 Å². The molecule has 16 heteroatoms. The molecule has 10 N–H and O–H groups in total. The second kappa shape index (κ2) is 23.1. The van der Waals surface area contributed by atoms with Crippen LogP contribution in [0.5, 0.6) is 0 Å². The van der Waals surface area contributed by atoms with Crippen molar-refractivity contribution < 1.29 is 33.6 Å². The Kier molecular flexibility index (Phi) is 18.4. The van der Waals surface area contributed by atoms with Crippen molar-refractivity contribution in [2.24, 2.45) is 29.4 Å². The average Bonchev–Trinajstić information content (AvgIpc) is 3.61. The number of carbonyl (C=O) groups is 7. The van der Waals surface area contributed by atoms with Gasteiger partial charge in [0.15, 0.2) is 0 Å². The van der Waals surface area contributed by atoms with Crippen LogP contribution in [0.15, 0.2) is 30.5 Å². The first-order chi connectivity index (χ1) is 28.6. The summed E-state index contributed by atoms with van der Waals surface area (Å²) in [5.41, 5.74) is 7.42. The molecular formula is C44H69N9O7. The minimum Gasteiger partial charge on any atom is -0.361 e. The SMILES string of the molecule is CC(C)C[C@@H]1NC(=O)[C@H](Cc2c[nH]c3ccccc23)NC(=O)[C@@H](CCCN)NC(=O)[C@H](CC(=O)NCC2CCCCC2)NC(=O)[C@H](C(C)C)NC(=O)[C@@H](CC(C)C)NC1=O. The summed E-state index contributed by atoms with van der Waals surface area (Å²) in [6.45, 7) is 11.7. The molecule has 60 heavy (non-hydrogen) atoms. The molecule has 1 aromatic carbocycles. The third kappa shape index (κ3) is 14.3. The van der Waals surface area contributed by atoms with Crippen LogP contribution in [0.2, 0.25) is 0 Å². The molecule has 1 aliphatic carbocycles. The van der Waals surface area contributed by atoms with Crippen molar-refractivity contribution in [3.63, 3.8) is 0 Å². The van der Waals surface area contributed by atoms with E-state index in [1.165, 1.54) is 0 Å². The van der Waals surface area contributed by atoms with E-state index in [0.29, 0.717) is 18.9 Å². The second-order valence-electron chi connectivity index (χ2n) is 17.8. The van der Waals surface area contributed by atoms with Crippen LogP contribution < -0.4 is 43.0 Å². The number of amides is 7. The molecule has 2 heterocycles. The zero-order chi connectivity index (χ0) is 43.9. The highest BCUT2D eigenvalue weighted by Gasteiger charge is 2.37. The van der Waals surface area contributed by atoms with Crippen molar-refractivity contribution in [3.8, 4) is 0 Å². The average molecular weight is 836 g/mol. The fraction of sp³-hybridized carbons (Fsp3) is 0.659. The summed E-state index contributed by atoms with van der Waals surface area (Å²) in [6, 6.07) is 0.356. The van der Waals surface area contributed by atoms with Gasteiger partial charge in [-0.15, -0.1) is 0 Å². The van der Waals surface area contributed by atoms with Gasteiger partial charge < -0.3 is 47.9 Å². The van der Waals surface area contributed by atoms with E-state index in [-0.39, 0.29) is 44.1 Å². The van der Waals surface area contributed by atoms with E-state index in [0.717, 1.165) is 48.6 Å². The van der Waals surface area contributed by atoms with Crippen molar-refractivity contribution in [1.82, 2.24) is 42.2 Å². The largest absolute Gasteiger partial charge is 0.361 e. The molecule has 0 unspecified atom stereocenters. The van der Waals surface area contributed by atoms with Crippen LogP contribution in [0.25, 0.3) is 10.9 Å². The van der Waals surface area contributed by atoms with Gasteiger partial charge in [-0.25, -0.2) is 0 Å². The van der Waals surface area contributed by atoms with E-state index in [4.69, 9.17) is 5.73 Å². The van der Waals surface area contributed by atoms with E-state index in [1.807, 2.05) is 52.0 Å². The predicted molar refractivity (Wildman–Crippen MR) is 230 cm³/mol. The molecule has 1 saturated heterocycles. The lowest BCUT2D eigenvalue weighted by Crippen LogP contribution is -2.62. The zero-order valence-corrected chi connectivity index (χ0v) is 36.3. The van der Waals surface area contributed by atoms with E-state index in [1.54, 1.807) is 20.0 Å². The number of hydrogen-bond donors (Lipinski definition) is 9. The number of carbonyl (C=O) groups excluding carboxylic acids is 7. The standard InChI is InChI=1S/C44H69N9O7/c1-25(2)19-33-40(56)50-34(20-26(3)4)43(59)53-38(27(5)6)44(60)52-36(22-37(54)47-23-28-13-8-7-9-14-28)42(58)48-32(17-12-18-45)39(55)51-35(41(57)49-33)21-29-24-46-31-16-11-10-15-30(29)31/h10-11,15-16,24-28,32-36,38,46H,7-9,12-14,17-23,45H2,1-6H3,(H,47,54)(H,48,58)(H,49,57)(H,50,56)(H,51,55)(H,52,60)(H,53,59)/t32-,33+,34-,35+,36+,38+/m1/s1. The third-order valence-electron chi connectivity index (χ3n) is 11.3. The summed E-state index contributed by atoms with van der Waals surface area (Å²) in [6.07, 6.45) is 7.53. The molecule has 2 aliphatic rings. The van der Waals surface area contributed by atoms with Gasteiger partial charge in [-0.05, 0) is 80.4 Å². The number of nitrogens with two attached hydrogens (primary N) is 1. The highest BCUT2D eigenvalue weighted by atomic mass is 16.2. The lowest BCUT2D eigenvalue weighted by molar-refractivity contribution is -0.138. The summed E-state index contributed by atoms with van der Waals surface area (Å²) in [7, 11) is 0. The molecule has 0 radical (unpaired) electrons. The molecular weight excluding hydrogens is 767 g/mol. The fourth-order valence-electron chi connectivity index (χ4n) is 7.98. The molecule has 0 bridgehead atoms. The molecule has 1 aliphatic heterocycles. The number of H-pyrrole nitrogens is 1. The normalized spacial score (nSPS) is 24.6. The topological polar surface area (TPSA) is 246 Å². The van der Waals surface area contributed by atoms with Gasteiger partial charge in [-0.2, -0.15) is 0 Å². The maximum Gasteiger partial charge on any atom is 0.243 e. The molecule has 2 aromatic rings. The molecule has 1 aromatic heterocycles. The second-order valence-corrected chi connectivity index (χ2v) is 17.8. The minimum atomic E-state index is -1.43. The highest BCUT2D eigenvalue weighted by molar-refractivity contribution is 5.99. The highest BCUT2D eigenvalue weighted by Crippen LogP contribution is 2.23. The van der Waals surface area contributed by atoms with Gasteiger partial charge in [-0.1, -0.05) is 79.0 Å². The lowest BCUT2D eigenvalue weighted by Gasteiger charge is -2.30. The number of aromatic amines is 1. The fourth-order valence-corrected chi connectivity index (χ4v) is 7.98. The van der Waals surface area contributed by atoms with Gasteiger partial charge in [0.25, 0.3) is 0 Å². The Morgan fingerprint density at radius 2 is 1.22 bits per heavy atom. The molecule has 4 rings (SSSR count). The quantitative estimate of drug-likeness (QED) is 0.136. The van der Waals surface area contributed by atoms with E-state index in [2.05, 4.69) is 42.2 Å². The first-order valence-corrected chi connectivity index (χ1v) is 21.9. The number of nitrogens with one attached hydrogen (secondary N) is 8. The van der Waals surface area contributed by atoms with E-state index < -0.39 is 89.9 Å². The number of hydrogen-bond acceptors (Lipinski definition) is 8. The Morgan fingerprint density at radius 3 is 1.83 bits per heavy atom. The van der Waals surface area contributed by atoms with Crippen molar-refractivity contribution in [3.05, 3.63) is 36.0 Å². The molecule has 16 nitrogen and oxygen atoms in total. The number of para-hydroxylation sites is 1. The van der Waals surface area contributed by atoms with Crippen molar-refractivity contribution in [2.45, 2.75) is 148 Å². The number of rotatable bonds is 14. The van der Waals surface area contributed by atoms with Gasteiger partial charge in [-0.3, -0.25) is 33.6 Å². The van der Waals surface area contributed by atoms with E-state index >= 15 is 0 Å². The Bertz CT molecular complexity index is 1790. The van der Waals surface area contributed by atoms with Crippen LogP contribution >= 0.6 is 0 Å². The maximum atomic E-state index is 14.4. The molecule has 6 atom stereocenters. The van der Waals surface area contributed by atoms with Gasteiger partial charge >= 0.3 is 0 Å². The molecule has 2 fully saturated rings. The van der Waals surface area contributed by atoms with Crippen molar-refractivity contribution >= 4 is 52.3 Å². The Balaban J connectivity index is 1.75. The summed E-state index contributed by atoms with van der Waals surface area (Å²) in [4.78, 5) is 102. The van der Waals surface area contributed by atoms with Crippen LogP contribution in [0.1, 0.15) is 111 Å². The minimum absolute atomic E-state index is 0.0317. The van der Waals surface area contributed by atoms with Crippen LogP contribution in [0.4, 0.5) is 0 Å². The van der Waals surface area contributed by atoms with Gasteiger partial charge in [0.05, 0.1) is 6.42 Å². The summed E-state index contributed by atoms with van der Waals surface area (Å²) in [5, 5.41) is 20.6. The predicted octanol–water partition coefficient (Wildman–Crippen LogP) is 2.21. The molecule has 7 amide bonds. The summed E-state index contributed by atoms with van der Waals surface area (Å²) >= 11 is 0. The number of fused-ring (bicyclic) bond motifs is 1. The van der Waals surface area contributed by atoms with E-state index in [9.17, 15) is 33.6 Å². The summed E-state index contributed by atoms with van der Waals surface area (Å²) < 4.78 is 0. The Labute approximate surface area is 354 Å². The zero-order valence-electron chi connectivity index (χ0n) is 36.3. The lowest BCUT2D eigenvalue weighted by atomic mass is 9.89. The first-order valence-electron chi connectivity index (χ1n) is 21.9. The molecule has 0 spiro atoms. The van der Waals surface area contributed by atoms with Crippen molar-refractivity contribution in [2.75, 3.05) is 13.1 Å². The maximum absolute atomic E-state index is 14.4.